The van der Waals surface area contributed by atoms with E-state index < -0.39 is 56.8 Å². The summed E-state index contributed by atoms with van der Waals surface area (Å²) in [4.78, 5) is 40.3. The molecule has 7 nitrogen and oxygen atoms in total. The smallest absolute Gasteiger partial charge is 0.209 e. The summed E-state index contributed by atoms with van der Waals surface area (Å²) in [6, 6.07) is 10.7. The molecule has 0 amide bonds. The van der Waals surface area contributed by atoms with Gasteiger partial charge < -0.3 is 20.4 Å². The lowest BCUT2D eigenvalue weighted by molar-refractivity contribution is -0.171. The number of rotatable bonds is 2. The average molecular weight is 555 g/mol. The van der Waals surface area contributed by atoms with E-state index in [4.69, 9.17) is 0 Å². The molecular formula is C34H34O7. The molecule has 2 aromatic carbocycles. The predicted octanol–water partition coefficient (Wildman–Crippen LogP) is 5.05. The Labute approximate surface area is 239 Å². The zero-order chi connectivity index (χ0) is 30.2. The predicted molar refractivity (Wildman–Crippen MR) is 152 cm³/mol. The van der Waals surface area contributed by atoms with Crippen LogP contribution in [0.5, 0.6) is 5.75 Å². The van der Waals surface area contributed by atoms with Crippen molar-refractivity contribution in [3.8, 4) is 17.6 Å². The number of ketones is 3. The Hall–Kier alpha value is -4.15. The molecule has 41 heavy (non-hydrogen) atoms. The highest BCUT2D eigenvalue weighted by atomic mass is 16.3. The fraction of sp³-hybridized carbons (Fsp3) is 0.382. The van der Waals surface area contributed by atoms with Gasteiger partial charge in [0.15, 0.2) is 17.2 Å². The lowest BCUT2D eigenvalue weighted by atomic mass is 9.44. The first-order chi connectivity index (χ1) is 19.1. The van der Waals surface area contributed by atoms with Gasteiger partial charge in [-0.15, -0.1) is 0 Å². The maximum Gasteiger partial charge on any atom is 0.209 e. The fourth-order valence-electron chi connectivity index (χ4n) is 7.63. The van der Waals surface area contributed by atoms with E-state index in [1.54, 1.807) is 33.8 Å². The number of benzene rings is 2. The van der Waals surface area contributed by atoms with Crippen LogP contribution in [-0.4, -0.2) is 43.4 Å². The van der Waals surface area contributed by atoms with E-state index in [-0.39, 0.29) is 35.6 Å². The maximum absolute atomic E-state index is 14.1. The van der Waals surface area contributed by atoms with E-state index in [1.165, 1.54) is 6.07 Å². The van der Waals surface area contributed by atoms with Gasteiger partial charge in [-0.1, -0.05) is 57.2 Å². The highest BCUT2D eigenvalue weighted by molar-refractivity contribution is 6.25. The Kier molecular flexibility index (Phi) is 6.36. The van der Waals surface area contributed by atoms with E-state index in [0.717, 1.165) is 18.1 Å². The van der Waals surface area contributed by atoms with Crippen molar-refractivity contribution < 1.29 is 34.8 Å². The number of carbonyl (C=O) groups excluding carboxylic acids is 3. The number of aryl methyl sites for hydroxylation is 1. The van der Waals surface area contributed by atoms with Crippen molar-refractivity contribution in [3.63, 3.8) is 0 Å². The molecule has 7 heteroatoms. The van der Waals surface area contributed by atoms with Crippen LogP contribution < -0.4 is 0 Å². The van der Waals surface area contributed by atoms with Crippen molar-refractivity contribution in [1.82, 2.24) is 0 Å². The minimum Gasteiger partial charge on any atom is -0.511 e. The number of hydrogen-bond acceptors (Lipinski definition) is 7. The highest BCUT2D eigenvalue weighted by Crippen LogP contribution is 2.65. The van der Waals surface area contributed by atoms with Crippen LogP contribution in [0.15, 0.2) is 59.1 Å². The topological polar surface area (TPSA) is 132 Å². The van der Waals surface area contributed by atoms with Crippen molar-refractivity contribution in [2.45, 2.75) is 60.0 Å². The average Bonchev–Trinajstić information content (AvgIpc) is 2.86. The summed E-state index contributed by atoms with van der Waals surface area (Å²) in [6.45, 7) is 10.1. The molecule has 0 bridgehead atoms. The summed E-state index contributed by atoms with van der Waals surface area (Å²) in [5.41, 5.74) is -3.05. The first kappa shape index (κ1) is 28.4. The Bertz CT molecular complexity index is 1660. The largest absolute Gasteiger partial charge is 0.511 e. The third-order valence-corrected chi connectivity index (χ3v) is 9.28. The van der Waals surface area contributed by atoms with Gasteiger partial charge in [-0.2, -0.15) is 0 Å². The summed E-state index contributed by atoms with van der Waals surface area (Å²) >= 11 is 0. The van der Waals surface area contributed by atoms with Crippen LogP contribution in [0, 0.1) is 41.4 Å². The quantitative estimate of drug-likeness (QED) is 0.302. The zero-order valence-electron chi connectivity index (χ0n) is 24.0. The second-order valence-corrected chi connectivity index (χ2v) is 12.6. The number of aliphatic hydroxyl groups excluding tert-OH is 2. The molecule has 0 heterocycles. The van der Waals surface area contributed by atoms with Gasteiger partial charge in [-0.05, 0) is 62.4 Å². The first-order valence-electron chi connectivity index (χ1n) is 13.7. The molecule has 3 aliphatic rings. The molecule has 3 aliphatic carbocycles. The number of Topliss-reactive ketones (excluding diaryl/α,β-unsaturated/α-hetero) is 3. The summed E-state index contributed by atoms with van der Waals surface area (Å²) in [7, 11) is 0. The zero-order valence-corrected chi connectivity index (χ0v) is 24.0. The van der Waals surface area contributed by atoms with Gasteiger partial charge in [0, 0.05) is 33.4 Å². The molecule has 0 radical (unpaired) electrons. The molecule has 4 atom stereocenters. The second kappa shape index (κ2) is 9.19. The molecule has 4 N–H and O–H groups in total. The van der Waals surface area contributed by atoms with Crippen LogP contribution in [0.1, 0.15) is 73.7 Å². The van der Waals surface area contributed by atoms with Gasteiger partial charge >= 0.3 is 0 Å². The van der Waals surface area contributed by atoms with Crippen LogP contribution in [0.4, 0.5) is 0 Å². The third kappa shape index (κ3) is 3.81. The van der Waals surface area contributed by atoms with E-state index in [0.29, 0.717) is 11.1 Å². The Morgan fingerprint density at radius 2 is 1.63 bits per heavy atom. The molecule has 0 aliphatic heterocycles. The van der Waals surface area contributed by atoms with E-state index >= 15 is 0 Å². The lowest BCUT2D eigenvalue weighted by Crippen LogP contribution is -2.67. The number of aromatic hydroxyl groups is 1. The van der Waals surface area contributed by atoms with E-state index in [1.807, 2.05) is 31.2 Å². The summed E-state index contributed by atoms with van der Waals surface area (Å²) in [5, 5.41) is 45.9. The number of aliphatic hydroxyl groups is 3. The number of carbonyl (C=O) groups is 3. The molecule has 5 rings (SSSR count). The van der Waals surface area contributed by atoms with Gasteiger partial charge in [0.05, 0.1) is 5.56 Å². The van der Waals surface area contributed by atoms with Crippen LogP contribution in [0.3, 0.4) is 0 Å². The van der Waals surface area contributed by atoms with Gasteiger partial charge in [0.1, 0.15) is 22.8 Å². The first-order valence-corrected chi connectivity index (χ1v) is 13.7. The van der Waals surface area contributed by atoms with Gasteiger partial charge in [0.25, 0.3) is 0 Å². The fourth-order valence-corrected chi connectivity index (χ4v) is 7.63. The molecule has 2 aromatic rings. The minimum atomic E-state index is -2.63. The summed E-state index contributed by atoms with van der Waals surface area (Å²) < 4.78 is 0. The van der Waals surface area contributed by atoms with Crippen molar-refractivity contribution in [2.75, 3.05) is 0 Å². The Morgan fingerprint density at radius 1 is 1.00 bits per heavy atom. The van der Waals surface area contributed by atoms with Crippen LogP contribution in [0.25, 0.3) is 0 Å². The number of allylic oxidation sites excluding steroid dienone is 2. The Balaban J connectivity index is 1.75. The standard InChI is InChI=1S/C34H34O7/c1-17(2)26-28(37)24(19(4)35)30(39)34(41)31(40)27-29(38)25-22(15-32(27,5)16-33(26,34)6)21(13-14-23(25)36)12-11-20-9-7-18(3)8-10-20/h7-10,13-14,17,26,36-37,40-41H,15-16H2,1-6H3/t26?,32-,33-,34+/m1/s1. The second-order valence-electron chi connectivity index (χ2n) is 12.6. The van der Waals surface area contributed by atoms with E-state index in [2.05, 4.69) is 11.8 Å². The highest BCUT2D eigenvalue weighted by Gasteiger charge is 2.71. The summed E-state index contributed by atoms with van der Waals surface area (Å²) in [5.74, 6) is 0.918. The number of fused-ring (bicyclic) bond motifs is 3. The van der Waals surface area contributed by atoms with Gasteiger partial charge in [-0.3, -0.25) is 14.4 Å². The number of hydrogen-bond donors (Lipinski definition) is 4. The minimum absolute atomic E-state index is 0.0331. The number of phenolic OH excluding ortho intramolecular Hbond substituents is 1. The molecule has 0 fully saturated rings. The van der Waals surface area contributed by atoms with Gasteiger partial charge in [0.2, 0.25) is 5.78 Å². The third-order valence-electron chi connectivity index (χ3n) is 9.28. The van der Waals surface area contributed by atoms with Gasteiger partial charge in [-0.25, -0.2) is 0 Å². The molecule has 0 spiro atoms. The number of phenols is 1. The monoisotopic (exact) mass is 554 g/mol. The molecule has 1 unspecified atom stereocenters. The SMILES string of the molecule is CC(=O)C1=C(O)C(C(C)C)[C@@]2(C)C[C@@]3(C)Cc4c(C#Cc5ccc(C)cc5)ccc(O)c4C(=O)C3=C(O)[C@@]2(O)C1=O. The van der Waals surface area contributed by atoms with Crippen molar-refractivity contribution in [1.29, 1.82) is 0 Å². The molecule has 0 saturated heterocycles. The van der Waals surface area contributed by atoms with Crippen molar-refractivity contribution >= 4 is 17.3 Å². The van der Waals surface area contributed by atoms with Crippen LogP contribution in [0.2, 0.25) is 0 Å². The normalized spacial score (nSPS) is 29.0. The van der Waals surface area contributed by atoms with Crippen LogP contribution in [-0.2, 0) is 16.0 Å². The maximum atomic E-state index is 14.1. The van der Waals surface area contributed by atoms with Crippen molar-refractivity contribution in [3.05, 3.63) is 86.9 Å². The van der Waals surface area contributed by atoms with Crippen LogP contribution >= 0.6 is 0 Å². The lowest BCUT2D eigenvalue weighted by Gasteiger charge is -2.59. The Morgan fingerprint density at radius 3 is 2.22 bits per heavy atom. The van der Waals surface area contributed by atoms with Crippen molar-refractivity contribution in [2.24, 2.45) is 22.7 Å². The molecular weight excluding hydrogens is 520 g/mol. The molecule has 0 saturated carbocycles. The van der Waals surface area contributed by atoms with E-state index in [9.17, 15) is 34.8 Å². The molecule has 212 valence electrons. The summed E-state index contributed by atoms with van der Waals surface area (Å²) in [6.07, 6.45) is 0.208. The molecule has 0 aromatic heterocycles.